The number of aromatic nitrogens is 2. The average Bonchev–Trinajstić information content (AvgIpc) is 2.74. The van der Waals surface area contributed by atoms with Gasteiger partial charge in [0.25, 0.3) is 5.91 Å². The first-order chi connectivity index (χ1) is 13.6. The SMILES string of the molecule is CN(C)c1ccc(Nc2ncc(C(=O)N3CCCc4ccccc43)cn2)cc1. The van der Waals surface area contributed by atoms with Crippen molar-refractivity contribution in [1.82, 2.24) is 9.97 Å². The zero-order valence-electron chi connectivity index (χ0n) is 16.1. The predicted molar refractivity (Wildman–Crippen MR) is 113 cm³/mol. The standard InChI is InChI=1S/C22H23N5O/c1-26(2)19-11-9-18(10-12-19)25-22-23-14-17(15-24-22)21(28)27-13-5-7-16-6-3-4-8-20(16)27/h3-4,6,8-12,14-15H,5,7,13H2,1-2H3,(H,23,24,25). The van der Waals surface area contributed by atoms with Crippen molar-refractivity contribution in [3.05, 3.63) is 72.1 Å². The van der Waals surface area contributed by atoms with Gasteiger partial charge in [-0.1, -0.05) is 18.2 Å². The van der Waals surface area contributed by atoms with E-state index in [9.17, 15) is 4.79 Å². The number of anilines is 4. The van der Waals surface area contributed by atoms with Crippen LogP contribution in [-0.4, -0.2) is 36.5 Å². The molecule has 1 aliphatic rings. The van der Waals surface area contributed by atoms with Gasteiger partial charge in [0.05, 0.1) is 5.56 Å². The summed E-state index contributed by atoms with van der Waals surface area (Å²) >= 11 is 0. The number of para-hydroxylation sites is 1. The van der Waals surface area contributed by atoms with Crippen molar-refractivity contribution >= 4 is 28.9 Å². The Kier molecular flexibility index (Phi) is 4.93. The summed E-state index contributed by atoms with van der Waals surface area (Å²) in [5, 5.41) is 3.17. The van der Waals surface area contributed by atoms with Gasteiger partial charge < -0.3 is 15.1 Å². The normalized spacial score (nSPS) is 13.0. The Hall–Kier alpha value is -3.41. The topological polar surface area (TPSA) is 61.4 Å². The van der Waals surface area contributed by atoms with Crippen LogP contribution in [0.4, 0.5) is 23.0 Å². The Morgan fingerprint density at radius 2 is 1.75 bits per heavy atom. The van der Waals surface area contributed by atoms with Crippen molar-refractivity contribution in [2.75, 3.05) is 35.8 Å². The summed E-state index contributed by atoms with van der Waals surface area (Å²) in [7, 11) is 4.00. The second-order valence-corrected chi connectivity index (χ2v) is 7.05. The largest absolute Gasteiger partial charge is 0.378 e. The van der Waals surface area contributed by atoms with Gasteiger partial charge in [-0.15, -0.1) is 0 Å². The number of amides is 1. The van der Waals surface area contributed by atoms with Crippen molar-refractivity contribution in [1.29, 1.82) is 0 Å². The summed E-state index contributed by atoms with van der Waals surface area (Å²) in [4.78, 5) is 25.5. The second kappa shape index (κ2) is 7.68. The highest BCUT2D eigenvalue weighted by Gasteiger charge is 2.23. The van der Waals surface area contributed by atoms with Gasteiger partial charge in [-0.25, -0.2) is 9.97 Å². The van der Waals surface area contributed by atoms with Gasteiger partial charge in [0.1, 0.15) is 0 Å². The third kappa shape index (κ3) is 3.67. The van der Waals surface area contributed by atoms with E-state index in [0.29, 0.717) is 18.1 Å². The highest BCUT2D eigenvalue weighted by atomic mass is 16.2. The maximum Gasteiger partial charge on any atom is 0.261 e. The second-order valence-electron chi connectivity index (χ2n) is 7.05. The first-order valence-electron chi connectivity index (χ1n) is 9.38. The molecule has 0 fully saturated rings. The van der Waals surface area contributed by atoms with Gasteiger partial charge in [-0.05, 0) is 48.7 Å². The summed E-state index contributed by atoms with van der Waals surface area (Å²) in [6.07, 6.45) is 5.14. The molecular weight excluding hydrogens is 350 g/mol. The first-order valence-corrected chi connectivity index (χ1v) is 9.38. The number of carbonyl (C=O) groups excluding carboxylic acids is 1. The highest BCUT2D eigenvalue weighted by molar-refractivity contribution is 6.06. The number of fused-ring (bicyclic) bond motifs is 1. The van der Waals surface area contributed by atoms with E-state index in [1.807, 2.05) is 66.4 Å². The van der Waals surface area contributed by atoms with E-state index in [4.69, 9.17) is 0 Å². The van der Waals surface area contributed by atoms with E-state index in [2.05, 4.69) is 21.4 Å². The molecule has 0 atom stereocenters. The van der Waals surface area contributed by atoms with Crippen LogP contribution in [0.3, 0.4) is 0 Å². The lowest BCUT2D eigenvalue weighted by Crippen LogP contribution is -2.35. The molecule has 0 bridgehead atoms. The van der Waals surface area contributed by atoms with Gasteiger partial charge in [0.15, 0.2) is 0 Å². The number of carbonyl (C=O) groups is 1. The number of rotatable bonds is 4. The van der Waals surface area contributed by atoms with E-state index in [-0.39, 0.29) is 5.91 Å². The number of nitrogens with one attached hydrogen (secondary N) is 1. The fraction of sp³-hybridized carbons (Fsp3) is 0.227. The maximum absolute atomic E-state index is 13.0. The van der Waals surface area contributed by atoms with Crippen LogP contribution in [0.2, 0.25) is 0 Å². The van der Waals surface area contributed by atoms with Gasteiger partial charge >= 0.3 is 0 Å². The average molecular weight is 373 g/mol. The fourth-order valence-electron chi connectivity index (χ4n) is 3.38. The Morgan fingerprint density at radius 3 is 2.46 bits per heavy atom. The number of benzene rings is 2. The third-order valence-corrected chi connectivity index (χ3v) is 4.89. The molecule has 28 heavy (non-hydrogen) atoms. The molecule has 2 heterocycles. The van der Waals surface area contributed by atoms with E-state index in [1.54, 1.807) is 12.4 Å². The van der Waals surface area contributed by atoms with Crippen LogP contribution in [0, 0.1) is 0 Å². The van der Waals surface area contributed by atoms with Gasteiger partial charge in [-0.2, -0.15) is 0 Å². The molecule has 0 spiro atoms. The summed E-state index contributed by atoms with van der Waals surface area (Å²) in [5.74, 6) is 0.405. The zero-order chi connectivity index (χ0) is 19.5. The summed E-state index contributed by atoms with van der Waals surface area (Å²) < 4.78 is 0. The summed E-state index contributed by atoms with van der Waals surface area (Å²) in [6, 6.07) is 16.1. The number of hydrogen-bond acceptors (Lipinski definition) is 5. The molecule has 0 saturated heterocycles. The summed E-state index contributed by atoms with van der Waals surface area (Å²) in [6.45, 7) is 0.716. The van der Waals surface area contributed by atoms with Crippen LogP contribution in [-0.2, 0) is 6.42 Å². The minimum atomic E-state index is -0.0611. The molecule has 1 amide bonds. The molecule has 142 valence electrons. The molecule has 3 aromatic rings. The molecule has 0 radical (unpaired) electrons. The molecule has 6 nitrogen and oxygen atoms in total. The molecule has 1 aliphatic heterocycles. The van der Waals surface area contributed by atoms with Gasteiger partial charge in [0.2, 0.25) is 5.95 Å². The molecular formula is C22H23N5O. The molecule has 6 heteroatoms. The Bertz CT molecular complexity index is 967. The molecule has 0 saturated carbocycles. The van der Waals surface area contributed by atoms with Crippen LogP contribution in [0.15, 0.2) is 60.9 Å². The third-order valence-electron chi connectivity index (χ3n) is 4.89. The Morgan fingerprint density at radius 1 is 1.04 bits per heavy atom. The van der Waals surface area contributed by atoms with Gasteiger partial charge in [0, 0.05) is 50.1 Å². The lowest BCUT2D eigenvalue weighted by atomic mass is 10.0. The van der Waals surface area contributed by atoms with E-state index in [1.165, 1.54) is 5.56 Å². The molecule has 1 aromatic heterocycles. The smallest absolute Gasteiger partial charge is 0.261 e. The molecule has 0 unspecified atom stereocenters. The predicted octanol–water partition coefficient (Wildman–Crippen LogP) is 3.88. The molecule has 1 N–H and O–H groups in total. The van der Waals surface area contributed by atoms with Crippen molar-refractivity contribution in [3.8, 4) is 0 Å². The quantitative estimate of drug-likeness (QED) is 0.752. The summed E-state index contributed by atoms with van der Waals surface area (Å²) in [5.41, 5.74) is 4.71. The number of hydrogen-bond donors (Lipinski definition) is 1. The van der Waals surface area contributed by atoms with Crippen LogP contribution in [0.5, 0.6) is 0 Å². The minimum Gasteiger partial charge on any atom is -0.378 e. The number of aryl methyl sites for hydroxylation is 1. The van der Waals surface area contributed by atoms with Crippen LogP contribution in [0.1, 0.15) is 22.3 Å². The van der Waals surface area contributed by atoms with E-state index in [0.717, 1.165) is 29.9 Å². The number of nitrogens with zero attached hydrogens (tertiary/aromatic N) is 4. The maximum atomic E-state index is 13.0. The van der Waals surface area contributed by atoms with E-state index < -0.39 is 0 Å². The van der Waals surface area contributed by atoms with Crippen LogP contribution in [0.25, 0.3) is 0 Å². The molecule has 0 aliphatic carbocycles. The zero-order valence-corrected chi connectivity index (χ0v) is 16.1. The molecule has 2 aromatic carbocycles. The van der Waals surface area contributed by atoms with E-state index >= 15 is 0 Å². The Labute approximate surface area is 164 Å². The fourth-order valence-corrected chi connectivity index (χ4v) is 3.38. The van der Waals surface area contributed by atoms with Crippen LogP contribution >= 0.6 is 0 Å². The van der Waals surface area contributed by atoms with Crippen molar-refractivity contribution < 1.29 is 4.79 Å². The van der Waals surface area contributed by atoms with Crippen molar-refractivity contribution in [2.24, 2.45) is 0 Å². The lowest BCUT2D eigenvalue weighted by molar-refractivity contribution is 0.0984. The van der Waals surface area contributed by atoms with Crippen molar-refractivity contribution in [2.45, 2.75) is 12.8 Å². The monoisotopic (exact) mass is 373 g/mol. The minimum absolute atomic E-state index is 0.0611. The first kappa shape index (κ1) is 18.0. The Balaban J connectivity index is 1.48. The highest BCUT2D eigenvalue weighted by Crippen LogP contribution is 2.28. The van der Waals surface area contributed by atoms with Crippen LogP contribution < -0.4 is 15.1 Å². The van der Waals surface area contributed by atoms with Gasteiger partial charge in [-0.3, -0.25) is 4.79 Å². The van der Waals surface area contributed by atoms with Crippen molar-refractivity contribution in [3.63, 3.8) is 0 Å². The molecule has 4 rings (SSSR count). The lowest BCUT2D eigenvalue weighted by Gasteiger charge is -2.29.